The molecule has 0 saturated heterocycles. The van der Waals surface area contributed by atoms with E-state index in [1.54, 1.807) is 6.92 Å². The monoisotopic (exact) mass is 204 g/mol. The van der Waals surface area contributed by atoms with Crippen molar-refractivity contribution in [1.82, 2.24) is 0 Å². The van der Waals surface area contributed by atoms with Crippen LogP contribution in [0, 0.1) is 5.92 Å². The van der Waals surface area contributed by atoms with E-state index in [-0.39, 0.29) is 0 Å². The SMILES string of the molecule is C[C@@](Cl)(CC1CCCCC1)C(=O)O. The molecule has 1 saturated carbocycles. The van der Waals surface area contributed by atoms with E-state index in [0.717, 1.165) is 12.8 Å². The Morgan fingerprint density at radius 3 is 2.46 bits per heavy atom. The zero-order valence-corrected chi connectivity index (χ0v) is 8.81. The summed E-state index contributed by atoms with van der Waals surface area (Å²) < 4.78 is 0. The van der Waals surface area contributed by atoms with E-state index in [0.29, 0.717) is 12.3 Å². The molecule has 0 spiro atoms. The van der Waals surface area contributed by atoms with E-state index >= 15 is 0 Å². The van der Waals surface area contributed by atoms with E-state index < -0.39 is 10.8 Å². The summed E-state index contributed by atoms with van der Waals surface area (Å²) in [5.74, 6) is -0.368. The van der Waals surface area contributed by atoms with Gasteiger partial charge < -0.3 is 5.11 Å². The molecule has 1 aliphatic rings. The van der Waals surface area contributed by atoms with Gasteiger partial charge in [-0.3, -0.25) is 4.79 Å². The number of aliphatic carboxylic acids is 1. The standard InChI is InChI=1S/C10H17ClO2/c1-10(11,9(12)13)7-8-5-3-2-4-6-8/h8H,2-7H2,1H3,(H,12,13)/t10-/m1/s1. The fraction of sp³-hybridized carbons (Fsp3) is 0.900. The molecule has 0 amide bonds. The number of rotatable bonds is 3. The summed E-state index contributed by atoms with van der Waals surface area (Å²) in [6.07, 6.45) is 6.67. The summed E-state index contributed by atoms with van der Waals surface area (Å²) in [7, 11) is 0. The lowest BCUT2D eigenvalue weighted by molar-refractivity contribution is -0.140. The fourth-order valence-electron chi connectivity index (χ4n) is 2.02. The minimum Gasteiger partial charge on any atom is -0.480 e. The van der Waals surface area contributed by atoms with Crippen LogP contribution in [0.3, 0.4) is 0 Å². The van der Waals surface area contributed by atoms with Crippen molar-refractivity contribution >= 4 is 17.6 Å². The largest absolute Gasteiger partial charge is 0.480 e. The molecule has 3 heteroatoms. The molecule has 2 nitrogen and oxygen atoms in total. The molecule has 1 rings (SSSR count). The Hall–Kier alpha value is -0.240. The lowest BCUT2D eigenvalue weighted by Crippen LogP contribution is -2.31. The summed E-state index contributed by atoms with van der Waals surface area (Å²) in [5.41, 5.74) is 0. The Morgan fingerprint density at radius 1 is 1.46 bits per heavy atom. The van der Waals surface area contributed by atoms with Gasteiger partial charge in [-0.25, -0.2) is 0 Å². The Morgan fingerprint density at radius 2 is 2.00 bits per heavy atom. The summed E-state index contributed by atoms with van der Waals surface area (Å²) in [6.45, 7) is 1.60. The summed E-state index contributed by atoms with van der Waals surface area (Å²) in [6, 6.07) is 0. The number of carbonyl (C=O) groups is 1. The van der Waals surface area contributed by atoms with Crippen molar-refractivity contribution in [3.63, 3.8) is 0 Å². The van der Waals surface area contributed by atoms with Gasteiger partial charge in [-0.05, 0) is 19.3 Å². The van der Waals surface area contributed by atoms with Crippen LogP contribution in [-0.4, -0.2) is 16.0 Å². The van der Waals surface area contributed by atoms with Crippen LogP contribution in [0.2, 0.25) is 0 Å². The molecule has 0 aromatic carbocycles. The number of hydrogen-bond acceptors (Lipinski definition) is 1. The Balaban J connectivity index is 2.41. The van der Waals surface area contributed by atoms with Crippen LogP contribution in [0.15, 0.2) is 0 Å². The molecule has 76 valence electrons. The molecule has 0 heterocycles. The zero-order chi connectivity index (χ0) is 9.90. The number of carboxylic acids is 1. The molecule has 1 aliphatic carbocycles. The number of halogens is 1. The van der Waals surface area contributed by atoms with Gasteiger partial charge >= 0.3 is 5.97 Å². The first-order chi connectivity index (χ1) is 6.02. The molecule has 0 unspecified atom stereocenters. The van der Waals surface area contributed by atoms with Gasteiger partial charge in [-0.1, -0.05) is 32.1 Å². The summed E-state index contributed by atoms with van der Waals surface area (Å²) in [5, 5.41) is 8.84. The first-order valence-electron chi connectivity index (χ1n) is 4.95. The lowest BCUT2D eigenvalue weighted by atomic mass is 9.83. The average Bonchev–Trinajstić information content (AvgIpc) is 2.05. The van der Waals surface area contributed by atoms with E-state index in [1.165, 1.54) is 19.3 Å². The maximum absolute atomic E-state index is 10.8. The molecule has 1 fully saturated rings. The Labute approximate surface area is 84.3 Å². The summed E-state index contributed by atoms with van der Waals surface area (Å²) in [4.78, 5) is 9.71. The van der Waals surface area contributed by atoms with Crippen molar-refractivity contribution in [3.8, 4) is 0 Å². The fourth-order valence-corrected chi connectivity index (χ4v) is 2.24. The predicted molar refractivity (Wildman–Crippen MR) is 53.1 cm³/mol. The van der Waals surface area contributed by atoms with Crippen LogP contribution in [0.25, 0.3) is 0 Å². The van der Waals surface area contributed by atoms with E-state index in [9.17, 15) is 4.79 Å². The Bertz CT molecular complexity index is 183. The molecule has 1 N–H and O–H groups in total. The topological polar surface area (TPSA) is 37.3 Å². The third kappa shape index (κ3) is 3.18. The highest BCUT2D eigenvalue weighted by atomic mass is 35.5. The third-order valence-electron chi connectivity index (χ3n) is 2.84. The third-order valence-corrected chi connectivity index (χ3v) is 3.16. The van der Waals surface area contributed by atoms with Gasteiger partial charge in [0.05, 0.1) is 0 Å². The quantitative estimate of drug-likeness (QED) is 0.718. The van der Waals surface area contributed by atoms with Crippen LogP contribution < -0.4 is 0 Å². The van der Waals surface area contributed by atoms with Crippen LogP contribution in [0.1, 0.15) is 45.4 Å². The van der Waals surface area contributed by atoms with Gasteiger partial charge in [-0.2, -0.15) is 0 Å². The average molecular weight is 205 g/mol. The first kappa shape index (κ1) is 10.8. The molecule has 0 aromatic heterocycles. The highest BCUT2D eigenvalue weighted by Crippen LogP contribution is 2.33. The summed E-state index contributed by atoms with van der Waals surface area (Å²) >= 11 is 5.90. The van der Waals surface area contributed by atoms with Crippen molar-refractivity contribution in [2.75, 3.05) is 0 Å². The maximum atomic E-state index is 10.8. The molecule has 1 atom stereocenters. The molecule has 13 heavy (non-hydrogen) atoms. The van der Waals surface area contributed by atoms with Crippen molar-refractivity contribution in [2.24, 2.45) is 5.92 Å². The molecule has 0 bridgehead atoms. The highest BCUT2D eigenvalue weighted by molar-refractivity contribution is 6.33. The van der Waals surface area contributed by atoms with Gasteiger partial charge in [0.25, 0.3) is 0 Å². The van der Waals surface area contributed by atoms with Crippen molar-refractivity contribution < 1.29 is 9.90 Å². The van der Waals surface area contributed by atoms with E-state index in [1.807, 2.05) is 0 Å². The van der Waals surface area contributed by atoms with Crippen LogP contribution in [-0.2, 0) is 4.79 Å². The lowest BCUT2D eigenvalue weighted by Gasteiger charge is -2.27. The van der Waals surface area contributed by atoms with Crippen LogP contribution in [0.5, 0.6) is 0 Å². The van der Waals surface area contributed by atoms with Gasteiger partial charge in [-0.15, -0.1) is 11.6 Å². The van der Waals surface area contributed by atoms with Gasteiger partial charge in [0.15, 0.2) is 0 Å². The molecular formula is C10H17ClO2. The normalized spacial score (nSPS) is 23.8. The van der Waals surface area contributed by atoms with Gasteiger partial charge in [0, 0.05) is 0 Å². The zero-order valence-electron chi connectivity index (χ0n) is 8.05. The molecule has 0 radical (unpaired) electrons. The molecule has 0 aliphatic heterocycles. The van der Waals surface area contributed by atoms with Gasteiger partial charge in [0.1, 0.15) is 4.87 Å². The second-order valence-electron chi connectivity index (χ2n) is 4.21. The second-order valence-corrected chi connectivity index (χ2v) is 5.04. The Kier molecular flexibility index (Phi) is 3.60. The number of carboxylic acid groups (broad SMARTS) is 1. The first-order valence-corrected chi connectivity index (χ1v) is 5.32. The second kappa shape index (κ2) is 4.32. The minimum absolute atomic E-state index is 0.521. The predicted octanol–water partition coefficient (Wildman–Crippen LogP) is 3.04. The van der Waals surface area contributed by atoms with Crippen molar-refractivity contribution in [3.05, 3.63) is 0 Å². The van der Waals surface area contributed by atoms with E-state index in [2.05, 4.69) is 0 Å². The van der Waals surface area contributed by atoms with Crippen LogP contribution >= 0.6 is 11.6 Å². The number of hydrogen-bond donors (Lipinski definition) is 1. The highest BCUT2D eigenvalue weighted by Gasteiger charge is 2.33. The van der Waals surface area contributed by atoms with Gasteiger partial charge in [0.2, 0.25) is 0 Å². The molecular weight excluding hydrogens is 188 g/mol. The van der Waals surface area contributed by atoms with Crippen molar-refractivity contribution in [1.29, 1.82) is 0 Å². The van der Waals surface area contributed by atoms with Crippen LogP contribution in [0.4, 0.5) is 0 Å². The van der Waals surface area contributed by atoms with Crippen molar-refractivity contribution in [2.45, 2.75) is 50.3 Å². The minimum atomic E-state index is -1.05. The maximum Gasteiger partial charge on any atom is 0.324 e. The molecule has 0 aromatic rings. The smallest absolute Gasteiger partial charge is 0.324 e. The number of alkyl halides is 1. The van der Waals surface area contributed by atoms with E-state index in [4.69, 9.17) is 16.7 Å².